The highest BCUT2D eigenvalue weighted by molar-refractivity contribution is 5.81. The molecule has 17 heavy (non-hydrogen) atoms. The summed E-state index contributed by atoms with van der Waals surface area (Å²) in [7, 11) is 1.32. The van der Waals surface area contributed by atoms with Crippen LogP contribution in [0, 0.1) is 0 Å². The number of nitrogens with zero attached hydrogens (tertiary/aromatic N) is 1. The average molecular weight is 235 g/mol. The third-order valence-corrected chi connectivity index (χ3v) is 2.42. The first kappa shape index (κ1) is 13.2. The zero-order valence-corrected chi connectivity index (χ0v) is 10.2. The molecule has 0 N–H and O–H groups in total. The van der Waals surface area contributed by atoms with Gasteiger partial charge in [-0.05, 0) is 5.56 Å². The predicted octanol–water partition coefficient (Wildman–Crippen LogP) is 1.60. The number of methoxy groups -OCH3 is 1. The molecule has 0 atom stereocenters. The maximum absolute atomic E-state index is 11.7. The highest BCUT2D eigenvalue weighted by Crippen LogP contribution is 2.06. The summed E-state index contributed by atoms with van der Waals surface area (Å²) in [5.74, 6) is -0.456. The number of benzene rings is 1. The van der Waals surface area contributed by atoms with Crippen molar-refractivity contribution in [1.29, 1.82) is 0 Å². The molecule has 0 bridgehead atoms. The van der Waals surface area contributed by atoms with Gasteiger partial charge in [-0.15, -0.1) is 0 Å². The van der Waals surface area contributed by atoms with Crippen LogP contribution in [-0.2, 0) is 20.9 Å². The van der Waals surface area contributed by atoms with E-state index < -0.39 is 5.97 Å². The van der Waals surface area contributed by atoms with Crippen LogP contribution in [0.5, 0.6) is 0 Å². The lowest BCUT2D eigenvalue weighted by molar-refractivity contribution is -0.147. The van der Waals surface area contributed by atoms with E-state index in [-0.39, 0.29) is 12.5 Å². The minimum Gasteiger partial charge on any atom is -0.468 e. The number of ether oxygens (including phenoxy) is 1. The van der Waals surface area contributed by atoms with Gasteiger partial charge in [-0.2, -0.15) is 0 Å². The normalized spacial score (nSPS) is 9.76. The lowest BCUT2D eigenvalue weighted by Gasteiger charge is -2.20. The number of esters is 1. The molecule has 0 unspecified atom stereocenters. The van der Waals surface area contributed by atoms with Gasteiger partial charge < -0.3 is 9.64 Å². The summed E-state index contributed by atoms with van der Waals surface area (Å²) in [6.45, 7) is 2.21. The quantitative estimate of drug-likeness (QED) is 0.728. The SMILES string of the molecule is CCC(=O)N(CC(=O)OC)Cc1ccccc1. The molecule has 0 radical (unpaired) electrons. The molecule has 0 aliphatic heterocycles. The third-order valence-electron chi connectivity index (χ3n) is 2.42. The lowest BCUT2D eigenvalue weighted by Crippen LogP contribution is -2.35. The number of hydrogen-bond acceptors (Lipinski definition) is 3. The van der Waals surface area contributed by atoms with Crippen molar-refractivity contribution in [2.24, 2.45) is 0 Å². The van der Waals surface area contributed by atoms with Crippen molar-refractivity contribution >= 4 is 11.9 Å². The molecule has 4 heteroatoms. The summed E-state index contributed by atoms with van der Waals surface area (Å²) >= 11 is 0. The Labute approximate surface area is 101 Å². The average Bonchev–Trinajstić information content (AvgIpc) is 2.38. The van der Waals surface area contributed by atoms with Gasteiger partial charge in [-0.3, -0.25) is 9.59 Å². The van der Waals surface area contributed by atoms with Crippen LogP contribution in [-0.4, -0.2) is 30.4 Å². The van der Waals surface area contributed by atoms with Crippen molar-refractivity contribution in [2.45, 2.75) is 19.9 Å². The highest BCUT2D eigenvalue weighted by Gasteiger charge is 2.16. The van der Waals surface area contributed by atoms with Crippen molar-refractivity contribution in [3.05, 3.63) is 35.9 Å². The van der Waals surface area contributed by atoms with Crippen molar-refractivity contribution in [3.8, 4) is 0 Å². The Morgan fingerprint density at radius 3 is 2.41 bits per heavy atom. The molecule has 0 fully saturated rings. The lowest BCUT2D eigenvalue weighted by atomic mass is 10.2. The smallest absolute Gasteiger partial charge is 0.325 e. The molecule has 0 aromatic heterocycles. The first-order chi connectivity index (χ1) is 8.17. The maximum atomic E-state index is 11.7. The van der Waals surface area contributed by atoms with E-state index in [9.17, 15) is 9.59 Å². The van der Waals surface area contributed by atoms with Gasteiger partial charge in [-0.1, -0.05) is 37.3 Å². The first-order valence-electron chi connectivity index (χ1n) is 5.56. The van der Waals surface area contributed by atoms with Crippen molar-refractivity contribution in [3.63, 3.8) is 0 Å². The topological polar surface area (TPSA) is 46.6 Å². The second-order valence-corrected chi connectivity index (χ2v) is 3.67. The Bertz CT molecular complexity index is 376. The van der Waals surface area contributed by atoms with Crippen molar-refractivity contribution in [1.82, 2.24) is 4.90 Å². The third kappa shape index (κ3) is 4.26. The molecule has 1 aromatic carbocycles. The van der Waals surface area contributed by atoms with Crippen LogP contribution in [0.15, 0.2) is 30.3 Å². The number of carbonyl (C=O) groups is 2. The Morgan fingerprint density at radius 2 is 1.88 bits per heavy atom. The molecule has 1 aromatic rings. The fourth-order valence-electron chi connectivity index (χ4n) is 1.48. The van der Waals surface area contributed by atoms with E-state index in [2.05, 4.69) is 4.74 Å². The molecule has 0 saturated heterocycles. The van der Waals surface area contributed by atoms with Crippen molar-refractivity contribution in [2.75, 3.05) is 13.7 Å². The van der Waals surface area contributed by atoms with Crippen molar-refractivity contribution < 1.29 is 14.3 Å². The molecule has 1 amide bonds. The summed E-state index contributed by atoms with van der Waals surface area (Å²) in [5, 5.41) is 0. The zero-order valence-electron chi connectivity index (χ0n) is 10.2. The van der Waals surface area contributed by atoms with E-state index >= 15 is 0 Å². The van der Waals surface area contributed by atoms with E-state index in [0.717, 1.165) is 5.56 Å². The van der Waals surface area contributed by atoms with Crippen LogP contribution in [0.1, 0.15) is 18.9 Å². The zero-order chi connectivity index (χ0) is 12.7. The molecule has 0 saturated carbocycles. The Hall–Kier alpha value is -1.84. The monoisotopic (exact) mass is 235 g/mol. The van der Waals surface area contributed by atoms with Gasteiger partial charge in [0.2, 0.25) is 5.91 Å². The molecular formula is C13H17NO3. The molecule has 0 heterocycles. The molecule has 0 aliphatic carbocycles. The minimum absolute atomic E-state index is 0.00192. The van der Waals surface area contributed by atoms with E-state index in [1.54, 1.807) is 6.92 Å². The van der Waals surface area contributed by atoms with Crippen LogP contribution < -0.4 is 0 Å². The molecule has 4 nitrogen and oxygen atoms in total. The van der Waals surface area contributed by atoms with Crippen LogP contribution in [0.3, 0.4) is 0 Å². The maximum Gasteiger partial charge on any atom is 0.325 e. The van der Waals surface area contributed by atoms with Gasteiger partial charge in [0.15, 0.2) is 0 Å². The van der Waals surface area contributed by atoms with E-state index in [1.807, 2.05) is 30.3 Å². The van der Waals surface area contributed by atoms with E-state index in [1.165, 1.54) is 12.0 Å². The van der Waals surface area contributed by atoms with Crippen LogP contribution >= 0.6 is 0 Å². The van der Waals surface area contributed by atoms with E-state index in [4.69, 9.17) is 0 Å². The van der Waals surface area contributed by atoms with Gasteiger partial charge in [0.1, 0.15) is 6.54 Å². The highest BCUT2D eigenvalue weighted by atomic mass is 16.5. The molecule has 1 rings (SSSR count). The Balaban J connectivity index is 2.70. The van der Waals surface area contributed by atoms with Gasteiger partial charge in [0, 0.05) is 13.0 Å². The standard InChI is InChI=1S/C13H17NO3/c1-3-12(15)14(10-13(16)17-2)9-11-7-5-4-6-8-11/h4-8H,3,9-10H2,1-2H3. The second-order valence-electron chi connectivity index (χ2n) is 3.67. The summed E-state index contributed by atoms with van der Waals surface area (Å²) < 4.78 is 4.58. The molecular weight excluding hydrogens is 218 g/mol. The predicted molar refractivity (Wildman–Crippen MR) is 64.2 cm³/mol. The van der Waals surface area contributed by atoms with Gasteiger partial charge in [0.05, 0.1) is 7.11 Å². The summed E-state index contributed by atoms with van der Waals surface area (Å²) in [4.78, 5) is 24.4. The Morgan fingerprint density at radius 1 is 1.24 bits per heavy atom. The largest absolute Gasteiger partial charge is 0.468 e. The molecule has 0 aliphatic rings. The molecule has 0 spiro atoms. The minimum atomic E-state index is -0.400. The van der Waals surface area contributed by atoms with Gasteiger partial charge in [0.25, 0.3) is 0 Å². The van der Waals surface area contributed by atoms with Gasteiger partial charge in [-0.25, -0.2) is 0 Å². The van der Waals surface area contributed by atoms with E-state index in [0.29, 0.717) is 13.0 Å². The fourth-order valence-corrected chi connectivity index (χ4v) is 1.48. The van der Waals surface area contributed by atoms with Gasteiger partial charge >= 0.3 is 5.97 Å². The number of rotatable bonds is 5. The summed E-state index contributed by atoms with van der Waals surface area (Å²) in [6.07, 6.45) is 0.379. The number of carbonyl (C=O) groups excluding carboxylic acids is 2. The van der Waals surface area contributed by atoms with Crippen LogP contribution in [0.25, 0.3) is 0 Å². The second kappa shape index (κ2) is 6.68. The van der Waals surface area contributed by atoms with Crippen LogP contribution in [0.2, 0.25) is 0 Å². The van der Waals surface area contributed by atoms with Crippen LogP contribution in [0.4, 0.5) is 0 Å². The fraction of sp³-hybridized carbons (Fsp3) is 0.385. The summed E-state index contributed by atoms with van der Waals surface area (Å²) in [6, 6.07) is 9.57. The Kier molecular flexibility index (Phi) is 5.20. The number of hydrogen-bond donors (Lipinski definition) is 0. The summed E-state index contributed by atoms with van der Waals surface area (Å²) in [5.41, 5.74) is 0.998. The number of amides is 1. The first-order valence-corrected chi connectivity index (χ1v) is 5.56. The molecule has 92 valence electrons.